The van der Waals surface area contributed by atoms with E-state index in [1.54, 1.807) is 4.90 Å². The molecule has 0 radical (unpaired) electrons. The lowest BCUT2D eigenvalue weighted by atomic mass is 9.79. The first-order valence-corrected chi connectivity index (χ1v) is 13.8. The fourth-order valence-electron chi connectivity index (χ4n) is 3.80. The Labute approximate surface area is 178 Å². The molecule has 1 aromatic rings. The van der Waals surface area contributed by atoms with Gasteiger partial charge in [-0.1, -0.05) is 39.0 Å². The molecule has 0 saturated heterocycles. The molecule has 0 bridgehead atoms. The molecule has 1 atom stereocenters. The molecule has 0 N–H and O–H groups in total. The van der Waals surface area contributed by atoms with Crippen LogP contribution in [0.1, 0.15) is 71.8 Å². The Kier molecular flexibility index (Phi) is 7.50. The Bertz CT molecular complexity index is 738. The molecule has 0 spiro atoms. The summed E-state index contributed by atoms with van der Waals surface area (Å²) >= 11 is 0. The van der Waals surface area contributed by atoms with E-state index in [1.807, 2.05) is 38.2 Å². The molecule has 29 heavy (non-hydrogen) atoms. The Morgan fingerprint density at radius 3 is 2.38 bits per heavy atom. The van der Waals surface area contributed by atoms with Crippen molar-refractivity contribution in [3.05, 3.63) is 29.8 Å². The monoisotopic (exact) mass is 417 g/mol. The number of Topliss-reactive ketones (excluding diaryl/α,β-unsaturated/α-hetero) is 1. The largest absolute Gasteiger partial charge is 0.417 e. The summed E-state index contributed by atoms with van der Waals surface area (Å²) in [5.41, 5.74) is 1.57. The van der Waals surface area contributed by atoms with E-state index in [1.165, 1.54) is 0 Å². The van der Waals surface area contributed by atoms with Crippen molar-refractivity contribution >= 4 is 25.7 Å². The minimum Gasteiger partial charge on any atom is -0.417 e. The number of benzene rings is 1. The van der Waals surface area contributed by atoms with Gasteiger partial charge in [0.1, 0.15) is 5.78 Å². The molecule has 1 aliphatic heterocycles. The summed E-state index contributed by atoms with van der Waals surface area (Å²) in [5.74, 6) is 0.432. The van der Waals surface area contributed by atoms with Crippen LogP contribution in [0.4, 0.5) is 5.69 Å². The average molecular weight is 418 g/mol. The number of carbonyl (C=O) groups excluding carboxylic acids is 2. The highest BCUT2D eigenvalue weighted by Gasteiger charge is 2.45. The third kappa shape index (κ3) is 5.37. The van der Waals surface area contributed by atoms with Gasteiger partial charge in [0.25, 0.3) is 0 Å². The molecule has 0 aliphatic carbocycles. The van der Waals surface area contributed by atoms with Crippen molar-refractivity contribution in [2.45, 2.75) is 89.8 Å². The van der Waals surface area contributed by atoms with Crippen molar-refractivity contribution in [3.63, 3.8) is 0 Å². The lowest BCUT2D eigenvalue weighted by molar-refractivity contribution is -0.123. The van der Waals surface area contributed by atoms with Crippen LogP contribution in [0.2, 0.25) is 18.1 Å². The molecule has 0 fully saturated rings. The molecule has 5 heteroatoms. The number of hydrogen-bond acceptors (Lipinski definition) is 3. The number of amides is 1. The highest BCUT2D eigenvalue weighted by molar-refractivity contribution is 6.74. The third-order valence-corrected chi connectivity index (χ3v) is 11.4. The van der Waals surface area contributed by atoms with Crippen LogP contribution in [0.25, 0.3) is 0 Å². The van der Waals surface area contributed by atoms with Gasteiger partial charge in [0.05, 0.1) is 5.41 Å². The standard InChI is InChI=1S/C24H39NO3Si/c1-23(2,3)29(6,7)28-18-11-10-13-19(26)14-12-17-24(4)20-15-8-9-16-21(20)25(5)22(24)27/h8-9,15-16H,10-14,17-18H2,1-7H3/t24-/m1/s1. The number of likely N-dealkylation sites (N-methyl/N-ethyl adjacent to an activating group) is 1. The Balaban J connectivity index is 1.72. The van der Waals surface area contributed by atoms with Gasteiger partial charge in [0.2, 0.25) is 5.91 Å². The maximum atomic E-state index is 12.8. The van der Waals surface area contributed by atoms with Crippen molar-refractivity contribution in [3.8, 4) is 0 Å². The number of ketones is 1. The Hall–Kier alpha value is -1.46. The second-order valence-corrected chi connectivity index (χ2v) is 15.0. The lowest BCUT2D eigenvalue weighted by Gasteiger charge is -2.36. The topological polar surface area (TPSA) is 46.6 Å². The second kappa shape index (κ2) is 9.13. The van der Waals surface area contributed by atoms with Crippen LogP contribution < -0.4 is 4.90 Å². The normalized spacial score (nSPS) is 19.6. The van der Waals surface area contributed by atoms with Gasteiger partial charge < -0.3 is 9.33 Å². The van der Waals surface area contributed by atoms with Gasteiger partial charge in [0, 0.05) is 32.2 Å². The summed E-state index contributed by atoms with van der Waals surface area (Å²) in [7, 11) is 0.148. The van der Waals surface area contributed by atoms with Gasteiger partial charge in [-0.2, -0.15) is 0 Å². The number of unbranched alkanes of at least 4 members (excludes halogenated alkanes) is 1. The predicted octanol–water partition coefficient (Wildman–Crippen LogP) is 5.85. The summed E-state index contributed by atoms with van der Waals surface area (Å²) in [6.45, 7) is 14.0. The maximum Gasteiger partial charge on any atom is 0.237 e. The van der Waals surface area contributed by atoms with Crippen molar-refractivity contribution in [2.24, 2.45) is 0 Å². The number of nitrogens with zero attached hydrogens (tertiary/aromatic N) is 1. The van der Waals surface area contributed by atoms with Gasteiger partial charge >= 0.3 is 0 Å². The zero-order chi connectivity index (χ0) is 21.9. The molecule has 2 rings (SSSR count). The van der Waals surface area contributed by atoms with Crippen LogP contribution in [-0.4, -0.2) is 33.7 Å². The molecule has 0 aromatic heterocycles. The van der Waals surface area contributed by atoms with Crippen molar-refractivity contribution < 1.29 is 14.0 Å². The van der Waals surface area contributed by atoms with Crippen LogP contribution in [-0.2, 0) is 19.4 Å². The van der Waals surface area contributed by atoms with E-state index >= 15 is 0 Å². The predicted molar refractivity (Wildman–Crippen MR) is 123 cm³/mol. The van der Waals surface area contributed by atoms with Crippen molar-refractivity contribution in [1.82, 2.24) is 0 Å². The molecule has 0 unspecified atom stereocenters. The fraction of sp³-hybridized carbons (Fsp3) is 0.667. The van der Waals surface area contributed by atoms with Crippen molar-refractivity contribution in [2.75, 3.05) is 18.6 Å². The first kappa shape index (κ1) is 23.8. The molecular formula is C24H39NO3Si. The van der Waals surface area contributed by atoms with Crippen LogP contribution in [0.5, 0.6) is 0 Å². The molecular weight excluding hydrogens is 378 g/mol. The van der Waals surface area contributed by atoms with E-state index in [9.17, 15) is 9.59 Å². The molecule has 1 aliphatic rings. The maximum absolute atomic E-state index is 12.8. The Morgan fingerprint density at radius 2 is 1.72 bits per heavy atom. The Morgan fingerprint density at radius 1 is 1.10 bits per heavy atom. The fourth-order valence-corrected chi connectivity index (χ4v) is 4.89. The number of anilines is 1. The summed E-state index contributed by atoms with van der Waals surface area (Å²) in [6.07, 6.45) is 4.46. The van der Waals surface area contributed by atoms with Crippen LogP contribution >= 0.6 is 0 Å². The van der Waals surface area contributed by atoms with E-state index < -0.39 is 13.7 Å². The van der Waals surface area contributed by atoms with E-state index in [0.29, 0.717) is 25.0 Å². The van der Waals surface area contributed by atoms with Gasteiger partial charge in [-0.3, -0.25) is 9.59 Å². The molecule has 0 saturated carbocycles. The first-order chi connectivity index (χ1) is 13.4. The summed E-state index contributed by atoms with van der Waals surface area (Å²) < 4.78 is 6.18. The summed E-state index contributed by atoms with van der Waals surface area (Å²) in [6, 6.07) is 7.99. The molecule has 1 aromatic carbocycles. The number of para-hydroxylation sites is 1. The molecule has 1 amide bonds. The zero-order valence-corrected chi connectivity index (χ0v) is 20.4. The lowest BCUT2D eigenvalue weighted by Crippen LogP contribution is -2.40. The summed E-state index contributed by atoms with van der Waals surface area (Å²) in [5, 5.41) is 0.225. The number of hydrogen-bond donors (Lipinski definition) is 0. The second-order valence-electron chi connectivity index (χ2n) is 10.2. The van der Waals surface area contributed by atoms with E-state index in [2.05, 4.69) is 33.9 Å². The van der Waals surface area contributed by atoms with Gasteiger partial charge in [-0.05, 0) is 62.4 Å². The number of carbonyl (C=O) groups is 2. The smallest absolute Gasteiger partial charge is 0.237 e. The minimum atomic E-state index is -1.69. The number of rotatable bonds is 10. The van der Waals surface area contributed by atoms with Crippen molar-refractivity contribution in [1.29, 1.82) is 0 Å². The molecule has 1 heterocycles. The average Bonchev–Trinajstić information content (AvgIpc) is 2.83. The van der Waals surface area contributed by atoms with Crippen LogP contribution in [0.3, 0.4) is 0 Å². The van der Waals surface area contributed by atoms with Gasteiger partial charge in [-0.25, -0.2) is 0 Å². The van der Waals surface area contributed by atoms with E-state index in [4.69, 9.17) is 4.43 Å². The SMILES string of the molecule is CN1C(=O)[C@](C)(CCCC(=O)CCCCO[Si](C)(C)C(C)(C)C)c2ccccc21. The quantitative estimate of drug-likeness (QED) is 0.354. The number of fused-ring (bicyclic) bond motifs is 1. The molecule has 162 valence electrons. The minimum absolute atomic E-state index is 0.133. The first-order valence-electron chi connectivity index (χ1n) is 10.9. The highest BCUT2D eigenvalue weighted by atomic mass is 28.4. The van der Waals surface area contributed by atoms with E-state index in [-0.39, 0.29) is 10.9 Å². The summed E-state index contributed by atoms with van der Waals surface area (Å²) in [4.78, 5) is 26.8. The van der Waals surface area contributed by atoms with Gasteiger partial charge in [0.15, 0.2) is 8.32 Å². The van der Waals surface area contributed by atoms with Crippen LogP contribution in [0, 0.1) is 0 Å². The molecule has 4 nitrogen and oxygen atoms in total. The van der Waals surface area contributed by atoms with Crippen LogP contribution in [0.15, 0.2) is 24.3 Å². The van der Waals surface area contributed by atoms with E-state index in [0.717, 1.165) is 37.1 Å². The van der Waals surface area contributed by atoms with Gasteiger partial charge in [-0.15, -0.1) is 0 Å². The third-order valence-electron chi connectivity index (χ3n) is 6.89. The highest BCUT2D eigenvalue weighted by Crippen LogP contribution is 2.43. The zero-order valence-electron chi connectivity index (χ0n) is 19.4.